The van der Waals surface area contributed by atoms with Crippen molar-refractivity contribution in [1.82, 2.24) is 25.1 Å². The Kier molecular flexibility index (Phi) is 9.06. The summed E-state index contributed by atoms with van der Waals surface area (Å²) in [5, 5.41) is 6.86. The van der Waals surface area contributed by atoms with Gasteiger partial charge in [-0.2, -0.15) is 0 Å². The first-order valence-electron chi connectivity index (χ1n) is 9.52. The van der Waals surface area contributed by atoms with E-state index in [-0.39, 0.29) is 24.0 Å². The normalized spacial score (nSPS) is 17.6. The third-order valence-electron chi connectivity index (χ3n) is 5.05. The van der Waals surface area contributed by atoms with Gasteiger partial charge in [0.2, 0.25) is 0 Å². The van der Waals surface area contributed by atoms with Crippen molar-refractivity contribution in [1.29, 1.82) is 0 Å². The van der Waals surface area contributed by atoms with Crippen LogP contribution in [-0.2, 0) is 13.1 Å². The predicted molar refractivity (Wildman–Crippen MR) is 122 cm³/mol. The Bertz CT molecular complexity index is 700. The van der Waals surface area contributed by atoms with Gasteiger partial charge in [0.1, 0.15) is 5.82 Å². The van der Waals surface area contributed by atoms with Gasteiger partial charge in [-0.15, -0.1) is 24.0 Å². The number of halogens is 1. The van der Waals surface area contributed by atoms with Crippen LogP contribution in [0, 0.1) is 0 Å². The van der Waals surface area contributed by atoms with E-state index in [9.17, 15) is 0 Å². The fourth-order valence-corrected chi connectivity index (χ4v) is 3.57. The highest BCUT2D eigenvalue weighted by molar-refractivity contribution is 14.0. The molecule has 7 heteroatoms. The second kappa shape index (κ2) is 11.3. The summed E-state index contributed by atoms with van der Waals surface area (Å²) in [6.07, 6.45) is 6.44. The summed E-state index contributed by atoms with van der Waals surface area (Å²) in [6, 6.07) is 11.1. The van der Waals surface area contributed by atoms with Crippen LogP contribution in [0.3, 0.4) is 0 Å². The highest BCUT2D eigenvalue weighted by Gasteiger charge is 2.22. The molecule has 3 rings (SSSR count). The van der Waals surface area contributed by atoms with E-state index in [0.717, 1.165) is 31.4 Å². The van der Waals surface area contributed by atoms with E-state index in [2.05, 4.69) is 61.3 Å². The molecule has 1 aromatic heterocycles. The van der Waals surface area contributed by atoms with Crippen molar-refractivity contribution < 1.29 is 0 Å². The van der Waals surface area contributed by atoms with Crippen LogP contribution in [0.15, 0.2) is 47.7 Å². The third kappa shape index (κ3) is 6.21. The largest absolute Gasteiger partial charge is 0.355 e. The van der Waals surface area contributed by atoms with Crippen molar-refractivity contribution >= 4 is 29.9 Å². The Morgan fingerprint density at radius 1 is 1.26 bits per heavy atom. The van der Waals surface area contributed by atoms with Gasteiger partial charge >= 0.3 is 0 Å². The van der Waals surface area contributed by atoms with Gasteiger partial charge in [-0.1, -0.05) is 37.3 Å². The van der Waals surface area contributed by atoms with Crippen LogP contribution in [-0.4, -0.2) is 53.1 Å². The van der Waals surface area contributed by atoms with Crippen LogP contribution >= 0.6 is 24.0 Å². The van der Waals surface area contributed by atoms with Crippen LogP contribution < -0.4 is 10.6 Å². The first-order chi connectivity index (χ1) is 12.8. The highest BCUT2D eigenvalue weighted by atomic mass is 127. The molecule has 2 aromatic rings. The molecule has 148 valence electrons. The Balaban J connectivity index is 0.00000261. The fraction of sp³-hybridized carbons (Fsp3) is 0.500. The standard InChI is InChI=1S/C20H30N6.HI/c1-3-25-12-7-10-18(25)14-23-20(21-2)24-15-19-22-11-13-26(19)16-17-8-5-4-6-9-17;/h4-6,8-9,11,13,18H,3,7,10,12,14-16H2,1-2H3,(H2,21,23,24);1H. The lowest BCUT2D eigenvalue weighted by Gasteiger charge is -2.24. The van der Waals surface area contributed by atoms with Crippen LogP contribution in [0.25, 0.3) is 0 Å². The molecule has 1 aromatic carbocycles. The number of guanidine groups is 1. The number of nitrogens with one attached hydrogen (secondary N) is 2. The maximum absolute atomic E-state index is 4.49. The minimum Gasteiger partial charge on any atom is -0.355 e. The van der Waals surface area contributed by atoms with Gasteiger partial charge in [0, 0.05) is 38.6 Å². The Morgan fingerprint density at radius 3 is 2.81 bits per heavy atom. The van der Waals surface area contributed by atoms with Crippen molar-refractivity contribution in [2.45, 2.75) is 38.9 Å². The minimum atomic E-state index is 0. The van der Waals surface area contributed by atoms with E-state index in [4.69, 9.17) is 0 Å². The van der Waals surface area contributed by atoms with Crippen molar-refractivity contribution in [3.05, 3.63) is 54.1 Å². The first kappa shape index (κ1) is 21.7. The molecule has 1 aliphatic rings. The molecule has 2 N–H and O–H groups in total. The predicted octanol–water partition coefficient (Wildman–Crippen LogP) is 2.70. The Labute approximate surface area is 179 Å². The molecule has 0 amide bonds. The zero-order valence-corrected chi connectivity index (χ0v) is 18.6. The molecule has 0 aliphatic carbocycles. The van der Waals surface area contributed by atoms with Gasteiger partial charge in [-0.05, 0) is 31.5 Å². The zero-order valence-electron chi connectivity index (χ0n) is 16.3. The summed E-state index contributed by atoms with van der Waals surface area (Å²) in [6.45, 7) is 6.99. The van der Waals surface area contributed by atoms with E-state index in [1.807, 2.05) is 25.5 Å². The number of hydrogen-bond donors (Lipinski definition) is 2. The second-order valence-corrected chi connectivity index (χ2v) is 6.69. The van der Waals surface area contributed by atoms with E-state index >= 15 is 0 Å². The number of rotatable bonds is 7. The molecule has 0 radical (unpaired) electrons. The third-order valence-corrected chi connectivity index (χ3v) is 5.05. The van der Waals surface area contributed by atoms with Crippen molar-refractivity contribution in [2.24, 2.45) is 4.99 Å². The summed E-state index contributed by atoms with van der Waals surface area (Å²) in [5.74, 6) is 1.84. The summed E-state index contributed by atoms with van der Waals surface area (Å²) in [4.78, 5) is 11.4. The van der Waals surface area contributed by atoms with Gasteiger partial charge in [0.25, 0.3) is 0 Å². The molecule has 1 aliphatic heterocycles. The number of nitrogens with zero attached hydrogens (tertiary/aromatic N) is 4. The van der Waals surface area contributed by atoms with E-state index in [0.29, 0.717) is 12.6 Å². The average Bonchev–Trinajstić information content (AvgIpc) is 3.32. The topological polar surface area (TPSA) is 57.5 Å². The average molecular weight is 482 g/mol. The summed E-state index contributed by atoms with van der Waals surface area (Å²) < 4.78 is 2.17. The lowest BCUT2D eigenvalue weighted by atomic mass is 10.2. The number of aliphatic imine (C=N–C) groups is 1. The smallest absolute Gasteiger partial charge is 0.191 e. The lowest BCUT2D eigenvalue weighted by molar-refractivity contribution is 0.267. The summed E-state index contributed by atoms with van der Waals surface area (Å²) in [7, 11) is 1.82. The lowest BCUT2D eigenvalue weighted by Crippen LogP contribution is -2.44. The number of aromatic nitrogens is 2. The molecule has 1 fully saturated rings. The number of likely N-dealkylation sites (N-methyl/N-ethyl adjacent to an activating group) is 1. The quantitative estimate of drug-likeness (QED) is 0.362. The number of benzene rings is 1. The van der Waals surface area contributed by atoms with E-state index in [1.54, 1.807) is 0 Å². The minimum absolute atomic E-state index is 0. The van der Waals surface area contributed by atoms with Crippen LogP contribution in [0.2, 0.25) is 0 Å². The summed E-state index contributed by atoms with van der Waals surface area (Å²) in [5.41, 5.74) is 1.27. The van der Waals surface area contributed by atoms with Crippen molar-refractivity contribution in [2.75, 3.05) is 26.7 Å². The summed E-state index contributed by atoms with van der Waals surface area (Å²) >= 11 is 0. The van der Waals surface area contributed by atoms with Gasteiger partial charge in [0.05, 0.1) is 6.54 Å². The molecule has 2 heterocycles. The van der Waals surface area contributed by atoms with Crippen LogP contribution in [0.4, 0.5) is 0 Å². The van der Waals surface area contributed by atoms with Crippen molar-refractivity contribution in [3.63, 3.8) is 0 Å². The van der Waals surface area contributed by atoms with E-state index in [1.165, 1.54) is 24.9 Å². The molecule has 1 unspecified atom stereocenters. The maximum atomic E-state index is 4.49. The Hall–Kier alpha value is -1.61. The van der Waals surface area contributed by atoms with Crippen molar-refractivity contribution in [3.8, 4) is 0 Å². The highest BCUT2D eigenvalue weighted by Crippen LogP contribution is 2.15. The SMILES string of the molecule is CCN1CCCC1CNC(=NC)NCc1nccn1Cc1ccccc1.I. The molecule has 0 bridgehead atoms. The van der Waals surface area contributed by atoms with Crippen LogP contribution in [0.5, 0.6) is 0 Å². The molecule has 1 atom stereocenters. The molecular formula is C20H31IN6. The Morgan fingerprint density at radius 2 is 2.07 bits per heavy atom. The van der Waals surface area contributed by atoms with Gasteiger partial charge in [0.15, 0.2) is 5.96 Å². The molecule has 6 nitrogen and oxygen atoms in total. The molecule has 0 saturated carbocycles. The molecule has 1 saturated heterocycles. The number of hydrogen-bond acceptors (Lipinski definition) is 3. The van der Waals surface area contributed by atoms with E-state index < -0.39 is 0 Å². The zero-order chi connectivity index (χ0) is 18.2. The van der Waals surface area contributed by atoms with Gasteiger partial charge < -0.3 is 15.2 Å². The first-order valence-corrected chi connectivity index (χ1v) is 9.52. The van der Waals surface area contributed by atoms with Crippen LogP contribution in [0.1, 0.15) is 31.2 Å². The number of likely N-dealkylation sites (tertiary alicyclic amines) is 1. The fourth-order valence-electron chi connectivity index (χ4n) is 3.57. The monoisotopic (exact) mass is 482 g/mol. The second-order valence-electron chi connectivity index (χ2n) is 6.69. The number of imidazole rings is 1. The van der Waals surface area contributed by atoms with Gasteiger partial charge in [-0.3, -0.25) is 9.89 Å². The molecule has 0 spiro atoms. The molecule has 27 heavy (non-hydrogen) atoms. The van der Waals surface area contributed by atoms with Gasteiger partial charge in [-0.25, -0.2) is 4.98 Å². The maximum Gasteiger partial charge on any atom is 0.191 e. The molecular weight excluding hydrogens is 451 g/mol.